The van der Waals surface area contributed by atoms with Crippen LogP contribution in [0.2, 0.25) is 0 Å². The molecule has 1 aromatic carbocycles. The molecule has 9 nitrogen and oxygen atoms in total. The van der Waals surface area contributed by atoms with Crippen molar-refractivity contribution in [3.63, 3.8) is 0 Å². The minimum atomic E-state index is -3.50. The summed E-state index contributed by atoms with van der Waals surface area (Å²) >= 11 is 1.64. The first-order valence-electron chi connectivity index (χ1n) is 10.9. The molecule has 2 aliphatic rings. The summed E-state index contributed by atoms with van der Waals surface area (Å²) in [4.78, 5) is 0. The van der Waals surface area contributed by atoms with Crippen LogP contribution in [-0.2, 0) is 44.6 Å². The molecule has 11 heteroatoms. The second-order valence-corrected chi connectivity index (χ2v) is 11.3. The largest absolute Gasteiger partial charge is 0.497 e. The number of thioether (sulfide) groups is 1. The van der Waals surface area contributed by atoms with Crippen LogP contribution in [0.1, 0.15) is 26.3 Å². The second kappa shape index (κ2) is 11.7. The van der Waals surface area contributed by atoms with Crippen molar-refractivity contribution in [2.45, 2.75) is 63.0 Å². The number of fused-ring (bicyclic) bond motifs is 1. The topological polar surface area (TPSA) is 98.8 Å². The molecule has 0 spiro atoms. The second-order valence-electron chi connectivity index (χ2n) is 8.29. The molecule has 0 radical (unpaired) electrons. The van der Waals surface area contributed by atoms with E-state index >= 15 is 0 Å². The molecule has 2 saturated heterocycles. The van der Waals surface area contributed by atoms with Crippen LogP contribution in [0.5, 0.6) is 5.75 Å². The van der Waals surface area contributed by atoms with E-state index in [-0.39, 0.29) is 49.7 Å². The first-order chi connectivity index (χ1) is 15.6. The molecule has 5 atom stereocenters. The standard InChI is InChI=1S/C22H34O9S2/c1-6-32-21-20(27-13-15-7-9-16(25-4)10-8-15)19-18(30-22(2,3)31-19)17(29-21)14-26-11-12-28-33(5,23)24/h7-10,17-21H,6,11-14H2,1-5H3/t17-,18+,19+,20-,21+/m1/s1. The zero-order valence-electron chi connectivity index (χ0n) is 19.7. The lowest BCUT2D eigenvalue weighted by molar-refractivity contribution is -0.191. The minimum absolute atomic E-state index is 0.0523. The van der Waals surface area contributed by atoms with Gasteiger partial charge in [-0.05, 0) is 37.3 Å². The van der Waals surface area contributed by atoms with E-state index in [4.69, 9.17) is 32.6 Å². The summed E-state index contributed by atoms with van der Waals surface area (Å²) in [7, 11) is -1.86. The summed E-state index contributed by atoms with van der Waals surface area (Å²) in [6.07, 6.45) is -0.442. The lowest BCUT2D eigenvalue weighted by Crippen LogP contribution is -2.57. The molecule has 188 valence electrons. The van der Waals surface area contributed by atoms with Crippen molar-refractivity contribution in [3.05, 3.63) is 29.8 Å². The van der Waals surface area contributed by atoms with Crippen LogP contribution in [0, 0.1) is 0 Å². The first-order valence-corrected chi connectivity index (χ1v) is 13.8. The monoisotopic (exact) mass is 506 g/mol. The number of hydrogen-bond acceptors (Lipinski definition) is 10. The Bertz CT molecular complexity index is 844. The zero-order valence-corrected chi connectivity index (χ0v) is 21.4. The van der Waals surface area contributed by atoms with Gasteiger partial charge in [0, 0.05) is 0 Å². The fourth-order valence-electron chi connectivity index (χ4n) is 3.80. The SMILES string of the molecule is CCS[C@@H]1O[C@H](COCCOS(C)(=O)=O)[C@@H]2OC(C)(C)O[C@@H]2[C@H]1OCc1ccc(OC)cc1. The molecule has 2 heterocycles. The molecular weight excluding hydrogens is 472 g/mol. The van der Waals surface area contributed by atoms with E-state index in [0.717, 1.165) is 23.3 Å². The zero-order chi connectivity index (χ0) is 24.1. The normalized spacial score (nSPS) is 29.1. The van der Waals surface area contributed by atoms with Crippen molar-refractivity contribution < 1.29 is 41.0 Å². The van der Waals surface area contributed by atoms with Gasteiger partial charge >= 0.3 is 0 Å². The van der Waals surface area contributed by atoms with Crippen molar-refractivity contribution in [2.75, 3.05) is 38.9 Å². The van der Waals surface area contributed by atoms with Crippen LogP contribution < -0.4 is 4.74 Å². The Morgan fingerprint density at radius 3 is 2.42 bits per heavy atom. The Morgan fingerprint density at radius 1 is 1.09 bits per heavy atom. The predicted molar refractivity (Wildman–Crippen MR) is 124 cm³/mol. The van der Waals surface area contributed by atoms with Crippen LogP contribution in [0.15, 0.2) is 24.3 Å². The summed E-state index contributed by atoms with van der Waals surface area (Å²) in [6.45, 7) is 6.48. The van der Waals surface area contributed by atoms with E-state index in [1.807, 2.05) is 38.1 Å². The highest BCUT2D eigenvalue weighted by atomic mass is 32.2. The number of rotatable bonds is 12. The average molecular weight is 507 g/mol. The van der Waals surface area contributed by atoms with Gasteiger partial charge in [0.25, 0.3) is 10.1 Å². The third-order valence-electron chi connectivity index (χ3n) is 5.17. The van der Waals surface area contributed by atoms with Gasteiger partial charge in [0.1, 0.15) is 35.6 Å². The van der Waals surface area contributed by atoms with Crippen molar-refractivity contribution in [3.8, 4) is 5.75 Å². The van der Waals surface area contributed by atoms with Crippen molar-refractivity contribution >= 4 is 21.9 Å². The van der Waals surface area contributed by atoms with Gasteiger partial charge in [-0.25, -0.2) is 0 Å². The fourth-order valence-corrected chi connectivity index (χ4v) is 5.15. The number of methoxy groups -OCH3 is 1. The Balaban J connectivity index is 1.65. The molecule has 0 amide bonds. The molecule has 0 aliphatic carbocycles. The van der Waals surface area contributed by atoms with E-state index in [2.05, 4.69) is 6.92 Å². The number of benzene rings is 1. The molecule has 2 fully saturated rings. The van der Waals surface area contributed by atoms with E-state index in [1.165, 1.54) is 0 Å². The quantitative estimate of drug-likeness (QED) is 0.311. The van der Waals surface area contributed by atoms with Gasteiger partial charge in [-0.3, -0.25) is 4.18 Å². The molecule has 0 unspecified atom stereocenters. The molecule has 0 N–H and O–H groups in total. The van der Waals surface area contributed by atoms with Crippen LogP contribution in [-0.4, -0.2) is 83.0 Å². The lowest BCUT2D eigenvalue weighted by atomic mass is 10.00. The van der Waals surface area contributed by atoms with Gasteiger partial charge in [0.05, 0.1) is 39.8 Å². The average Bonchev–Trinajstić information content (AvgIpc) is 3.08. The Labute approximate surface area is 200 Å². The molecule has 33 heavy (non-hydrogen) atoms. The highest BCUT2D eigenvalue weighted by molar-refractivity contribution is 7.99. The maximum atomic E-state index is 11.1. The van der Waals surface area contributed by atoms with Gasteiger partial charge in [0.2, 0.25) is 0 Å². The van der Waals surface area contributed by atoms with E-state index in [1.54, 1.807) is 18.9 Å². The summed E-state index contributed by atoms with van der Waals surface area (Å²) in [5, 5.41) is 0. The molecule has 0 saturated carbocycles. The van der Waals surface area contributed by atoms with Crippen LogP contribution in [0.4, 0.5) is 0 Å². The molecule has 3 rings (SSSR count). The smallest absolute Gasteiger partial charge is 0.264 e. The van der Waals surface area contributed by atoms with Crippen molar-refractivity contribution in [2.24, 2.45) is 0 Å². The summed E-state index contributed by atoms with van der Waals surface area (Å²) in [5.74, 6) is 0.840. The summed E-state index contributed by atoms with van der Waals surface area (Å²) < 4.78 is 62.9. The minimum Gasteiger partial charge on any atom is -0.497 e. The first kappa shape index (κ1) is 26.7. The Morgan fingerprint density at radius 2 is 1.79 bits per heavy atom. The van der Waals surface area contributed by atoms with E-state index < -0.39 is 15.9 Å². The molecule has 2 aliphatic heterocycles. The third kappa shape index (κ3) is 7.79. The van der Waals surface area contributed by atoms with Crippen molar-refractivity contribution in [1.29, 1.82) is 0 Å². The Hall–Kier alpha value is -0.920. The fraction of sp³-hybridized carbons (Fsp3) is 0.727. The van der Waals surface area contributed by atoms with Gasteiger partial charge in [-0.1, -0.05) is 19.1 Å². The summed E-state index contributed by atoms with van der Waals surface area (Å²) in [6, 6.07) is 7.73. The molecule has 0 aromatic heterocycles. The van der Waals surface area contributed by atoms with Crippen LogP contribution >= 0.6 is 11.8 Å². The van der Waals surface area contributed by atoms with Crippen LogP contribution in [0.25, 0.3) is 0 Å². The highest BCUT2D eigenvalue weighted by Crippen LogP contribution is 2.41. The highest BCUT2D eigenvalue weighted by Gasteiger charge is 2.55. The Kier molecular flexibility index (Phi) is 9.44. The van der Waals surface area contributed by atoms with Gasteiger partial charge < -0.3 is 28.4 Å². The molecule has 1 aromatic rings. The van der Waals surface area contributed by atoms with Gasteiger partial charge in [0.15, 0.2) is 5.79 Å². The van der Waals surface area contributed by atoms with Crippen molar-refractivity contribution in [1.82, 2.24) is 0 Å². The lowest BCUT2D eigenvalue weighted by Gasteiger charge is -2.41. The van der Waals surface area contributed by atoms with Gasteiger partial charge in [-0.2, -0.15) is 8.42 Å². The van der Waals surface area contributed by atoms with Gasteiger partial charge in [-0.15, -0.1) is 11.8 Å². The van der Waals surface area contributed by atoms with Crippen LogP contribution in [0.3, 0.4) is 0 Å². The maximum absolute atomic E-state index is 11.1. The van der Waals surface area contributed by atoms with E-state index in [9.17, 15) is 8.42 Å². The predicted octanol–water partition coefficient (Wildman–Crippen LogP) is 2.57. The maximum Gasteiger partial charge on any atom is 0.264 e. The third-order valence-corrected chi connectivity index (χ3v) is 6.81. The number of ether oxygens (including phenoxy) is 6. The number of hydrogen-bond donors (Lipinski definition) is 0. The molecule has 0 bridgehead atoms. The molecular formula is C22H34O9S2. The van der Waals surface area contributed by atoms with E-state index in [0.29, 0.717) is 6.61 Å². The summed E-state index contributed by atoms with van der Waals surface area (Å²) in [5.41, 5.74) is 0.745.